The van der Waals surface area contributed by atoms with E-state index in [9.17, 15) is 5.11 Å². The van der Waals surface area contributed by atoms with Crippen molar-refractivity contribution < 1.29 is 9.84 Å². The summed E-state index contributed by atoms with van der Waals surface area (Å²) < 4.78 is 5.45. The summed E-state index contributed by atoms with van der Waals surface area (Å²) in [5, 5.41) is 9.80. The van der Waals surface area contributed by atoms with Crippen LogP contribution in [-0.2, 0) is 0 Å². The van der Waals surface area contributed by atoms with Gasteiger partial charge in [-0.2, -0.15) is 0 Å². The molecule has 1 heterocycles. The molecule has 0 aliphatic carbocycles. The standard InChI is InChI=1S/C10H13NO2/c11-8-5-6-13-9-4-2-1-3-7(9)10(8)12/h1-4,8,10,12H,5-6,11H2/t8-,10-/m1/s1. The lowest BCUT2D eigenvalue weighted by Gasteiger charge is -2.15. The summed E-state index contributed by atoms with van der Waals surface area (Å²) in [7, 11) is 0. The van der Waals surface area contributed by atoms with Crippen LogP contribution < -0.4 is 10.5 Å². The maximum Gasteiger partial charge on any atom is 0.125 e. The second kappa shape index (κ2) is 3.36. The number of aliphatic hydroxyl groups excluding tert-OH is 1. The monoisotopic (exact) mass is 179 g/mol. The van der Waals surface area contributed by atoms with E-state index in [2.05, 4.69) is 0 Å². The van der Waals surface area contributed by atoms with Crippen molar-refractivity contribution in [2.45, 2.75) is 18.6 Å². The summed E-state index contributed by atoms with van der Waals surface area (Å²) in [4.78, 5) is 0. The third-order valence-corrected chi connectivity index (χ3v) is 2.35. The van der Waals surface area contributed by atoms with Crippen molar-refractivity contribution >= 4 is 0 Å². The minimum absolute atomic E-state index is 0.219. The van der Waals surface area contributed by atoms with Gasteiger partial charge in [0, 0.05) is 11.6 Å². The molecule has 1 aromatic carbocycles. The summed E-state index contributed by atoms with van der Waals surface area (Å²) >= 11 is 0. The van der Waals surface area contributed by atoms with Crippen LogP contribution in [0.25, 0.3) is 0 Å². The Hall–Kier alpha value is -1.06. The van der Waals surface area contributed by atoms with Gasteiger partial charge in [-0.25, -0.2) is 0 Å². The van der Waals surface area contributed by atoms with E-state index in [1.165, 1.54) is 0 Å². The number of nitrogens with two attached hydrogens (primary N) is 1. The molecule has 3 N–H and O–H groups in total. The fraction of sp³-hybridized carbons (Fsp3) is 0.400. The van der Waals surface area contributed by atoms with E-state index in [0.717, 1.165) is 11.3 Å². The molecular formula is C10H13NO2. The van der Waals surface area contributed by atoms with E-state index in [-0.39, 0.29) is 6.04 Å². The molecular weight excluding hydrogens is 166 g/mol. The minimum Gasteiger partial charge on any atom is -0.493 e. The normalized spacial score (nSPS) is 27.2. The van der Waals surface area contributed by atoms with E-state index in [4.69, 9.17) is 10.5 Å². The van der Waals surface area contributed by atoms with Crippen molar-refractivity contribution in [2.24, 2.45) is 5.73 Å². The van der Waals surface area contributed by atoms with Gasteiger partial charge in [0.2, 0.25) is 0 Å². The number of aliphatic hydroxyl groups is 1. The van der Waals surface area contributed by atoms with Crippen LogP contribution in [-0.4, -0.2) is 17.8 Å². The number of hydrogen-bond donors (Lipinski definition) is 2. The van der Waals surface area contributed by atoms with E-state index in [1.807, 2.05) is 24.3 Å². The highest BCUT2D eigenvalue weighted by atomic mass is 16.5. The third kappa shape index (κ3) is 1.53. The van der Waals surface area contributed by atoms with Gasteiger partial charge in [-0.15, -0.1) is 0 Å². The number of para-hydroxylation sites is 1. The molecule has 70 valence electrons. The summed E-state index contributed by atoms with van der Waals surface area (Å²) in [6.45, 7) is 0.579. The number of hydrogen-bond acceptors (Lipinski definition) is 3. The Morgan fingerprint density at radius 2 is 2.15 bits per heavy atom. The Balaban J connectivity index is 2.40. The largest absolute Gasteiger partial charge is 0.493 e. The van der Waals surface area contributed by atoms with Crippen LogP contribution >= 0.6 is 0 Å². The van der Waals surface area contributed by atoms with E-state index in [0.29, 0.717) is 13.0 Å². The molecule has 0 bridgehead atoms. The molecule has 3 heteroatoms. The lowest BCUT2D eigenvalue weighted by Crippen LogP contribution is -2.28. The van der Waals surface area contributed by atoms with E-state index < -0.39 is 6.10 Å². The van der Waals surface area contributed by atoms with Crippen LogP contribution in [0.4, 0.5) is 0 Å². The maximum atomic E-state index is 9.80. The summed E-state index contributed by atoms with van der Waals surface area (Å²) in [6.07, 6.45) is 0.0919. The predicted octanol–water partition coefficient (Wildman–Crippen LogP) is 0.830. The smallest absolute Gasteiger partial charge is 0.125 e. The van der Waals surface area contributed by atoms with Crippen LogP contribution in [0.5, 0.6) is 5.75 Å². The van der Waals surface area contributed by atoms with Crippen LogP contribution in [0.3, 0.4) is 0 Å². The summed E-state index contributed by atoms with van der Waals surface area (Å²) in [5.74, 6) is 0.753. The number of rotatable bonds is 0. The molecule has 3 nitrogen and oxygen atoms in total. The highest BCUT2D eigenvalue weighted by molar-refractivity contribution is 5.36. The first-order chi connectivity index (χ1) is 6.29. The summed E-state index contributed by atoms with van der Waals surface area (Å²) in [6, 6.07) is 7.26. The highest BCUT2D eigenvalue weighted by Crippen LogP contribution is 2.30. The van der Waals surface area contributed by atoms with Gasteiger partial charge in [0.15, 0.2) is 0 Å². The molecule has 0 amide bonds. The Morgan fingerprint density at radius 1 is 1.38 bits per heavy atom. The number of benzene rings is 1. The van der Waals surface area contributed by atoms with E-state index >= 15 is 0 Å². The molecule has 0 aromatic heterocycles. The van der Waals surface area contributed by atoms with Crippen molar-refractivity contribution in [3.8, 4) is 5.75 Å². The van der Waals surface area contributed by atoms with Crippen LogP contribution in [0.1, 0.15) is 18.1 Å². The minimum atomic E-state index is -0.598. The molecule has 0 spiro atoms. The van der Waals surface area contributed by atoms with Gasteiger partial charge in [-0.3, -0.25) is 0 Å². The lowest BCUT2D eigenvalue weighted by molar-refractivity contribution is 0.145. The average Bonchev–Trinajstić information content (AvgIpc) is 2.29. The average molecular weight is 179 g/mol. The second-order valence-corrected chi connectivity index (χ2v) is 3.28. The molecule has 1 aliphatic heterocycles. The zero-order valence-corrected chi connectivity index (χ0v) is 7.31. The molecule has 2 rings (SSSR count). The van der Waals surface area contributed by atoms with Crippen molar-refractivity contribution in [3.05, 3.63) is 29.8 Å². The molecule has 13 heavy (non-hydrogen) atoms. The molecule has 1 aromatic rings. The topological polar surface area (TPSA) is 55.5 Å². The predicted molar refractivity (Wildman–Crippen MR) is 49.5 cm³/mol. The Kier molecular flexibility index (Phi) is 2.20. The maximum absolute atomic E-state index is 9.80. The van der Waals surface area contributed by atoms with Gasteiger partial charge in [-0.05, 0) is 12.5 Å². The third-order valence-electron chi connectivity index (χ3n) is 2.35. The Morgan fingerprint density at radius 3 is 3.00 bits per heavy atom. The zero-order valence-electron chi connectivity index (χ0n) is 7.31. The van der Waals surface area contributed by atoms with Crippen LogP contribution in [0, 0.1) is 0 Å². The van der Waals surface area contributed by atoms with Gasteiger partial charge in [0.25, 0.3) is 0 Å². The van der Waals surface area contributed by atoms with Crippen LogP contribution in [0.2, 0.25) is 0 Å². The van der Waals surface area contributed by atoms with Crippen LogP contribution in [0.15, 0.2) is 24.3 Å². The van der Waals surface area contributed by atoms with E-state index in [1.54, 1.807) is 0 Å². The quantitative estimate of drug-likeness (QED) is 0.620. The highest BCUT2D eigenvalue weighted by Gasteiger charge is 2.23. The molecule has 0 unspecified atom stereocenters. The van der Waals surface area contributed by atoms with Gasteiger partial charge < -0.3 is 15.6 Å². The molecule has 0 radical (unpaired) electrons. The van der Waals surface area contributed by atoms with Gasteiger partial charge in [0.1, 0.15) is 5.75 Å². The summed E-state index contributed by atoms with van der Waals surface area (Å²) in [5.41, 5.74) is 6.56. The molecule has 1 aliphatic rings. The number of fused-ring (bicyclic) bond motifs is 1. The van der Waals surface area contributed by atoms with Crippen molar-refractivity contribution in [2.75, 3.05) is 6.61 Å². The number of ether oxygens (including phenoxy) is 1. The first-order valence-corrected chi connectivity index (χ1v) is 4.44. The van der Waals surface area contributed by atoms with Crippen molar-refractivity contribution in [1.82, 2.24) is 0 Å². The Bertz CT molecular complexity index is 301. The van der Waals surface area contributed by atoms with Crippen molar-refractivity contribution in [1.29, 1.82) is 0 Å². The zero-order chi connectivity index (χ0) is 9.26. The van der Waals surface area contributed by atoms with Gasteiger partial charge >= 0.3 is 0 Å². The molecule has 2 atom stereocenters. The second-order valence-electron chi connectivity index (χ2n) is 3.28. The Labute approximate surface area is 77.1 Å². The van der Waals surface area contributed by atoms with Crippen molar-refractivity contribution in [3.63, 3.8) is 0 Å². The first-order valence-electron chi connectivity index (χ1n) is 4.44. The fourth-order valence-electron chi connectivity index (χ4n) is 1.55. The fourth-order valence-corrected chi connectivity index (χ4v) is 1.55. The van der Waals surface area contributed by atoms with Gasteiger partial charge in [0.05, 0.1) is 12.7 Å². The SMILES string of the molecule is N[C@@H]1CCOc2ccccc2[C@H]1O. The molecule has 0 saturated carbocycles. The molecule has 0 saturated heterocycles. The van der Waals surface area contributed by atoms with Gasteiger partial charge in [-0.1, -0.05) is 18.2 Å². The first kappa shape index (κ1) is 8.53. The lowest BCUT2D eigenvalue weighted by atomic mass is 10.0. The molecule has 0 fully saturated rings.